The van der Waals surface area contributed by atoms with Gasteiger partial charge in [-0.05, 0) is 86.2 Å². The fourth-order valence-electron chi connectivity index (χ4n) is 4.61. The van der Waals surface area contributed by atoms with Crippen molar-refractivity contribution in [2.24, 2.45) is 0 Å². The first-order chi connectivity index (χ1) is 15.5. The summed E-state index contributed by atoms with van der Waals surface area (Å²) in [5.41, 5.74) is 6.30. The molecule has 5 rings (SSSR count). The van der Waals surface area contributed by atoms with Crippen LogP contribution in [0.4, 0.5) is 10.1 Å². The molecule has 0 spiro atoms. The molecule has 2 aromatic heterocycles. The van der Waals surface area contributed by atoms with Crippen LogP contribution in [0.3, 0.4) is 0 Å². The second kappa shape index (κ2) is 8.20. The normalized spacial score (nSPS) is 18.1. The van der Waals surface area contributed by atoms with Gasteiger partial charge in [-0.1, -0.05) is 24.3 Å². The molecule has 32 heavy (non-hydrogen) atoms. The number of halogens is 1. The Hall–Kier alpha value is -3.51. The largest absolute Gasteiger partial charge is 0.351 e. The fraction of sp³-hybridized carbons (Fsp3) is 0.154. The maximum atomic E-state index is 13.7. The van der Waals surface area contributed by atoms with Gasteiger partial charge in [0.05, 0.1) is 17.8 Å². The molecular weight excluding hydrogens is 419 g/mol. The quantitative estimate of drug-likeness (QED) is 0.405. The first-order valence-electron chi connectivity index (χ1n) is 10.5. The number of rotatable bonds is 4. The Kier molecular flexibility index (Phi) is 5.23. The minimum absolute atomic E-state index is 0.133. The summed E-state index contributed by atoms with van der Waals surface area (Å²) < 4.78 is 15.9. The van der Waals surface area contributed by atoms with Gasteiger partial charge in [-0.2, -0.15) is 0 Å². The van der Waals surface area contributed by atoms with E-state index in [-0.39, 0.29) is 17.9 Å². The maximum absolute atomic E-state index is 13.7. The summed E-state index contributed by atoms with van der Waals surface area (Å²) in [6.07, 6.45) is 1.80. The van der Waals surface area contributed by atoms with Crippen molar-refractivity contribution in [3.05, 3.63) is 114 Å². The molecule has 1 aliphatic rings. The highest BCUT2D eigenvalue weighted by atomic mass is 32.1. The topological polar surface area (TPSA) is 33.1 Å². The molecular formula is C26H23FN4S. The first-order valence-corrected chi connectivity index (χ1v) is 11.0. The van der Waals surface area contributed by atoms with Gasteiger partial charge in [-0.15, -0.1) is 0 Å². The van der Waals surface area contributed by atoms with Gasteiger partial charge in [0.15, 0.2) is 5.11 Å². The van der Waals surface area contributed by atoms with Crippen LogP contribution >= 0.6 is 12.2 Å². The Bertz CT molecular complexity index is 1250. The van der Waals surface area contributed by atoms with Crippen molar-refractivity contribution in [1.29, 1.82) is 0 Å². The van der Waals surface area contributed by atoms with Crippen LogP contribution in [0.5, 0.6) is 0 Å². The van der Waals surface area contributed by atoms with E-state index in [1.165, 1.54) is 12.1 Å². The maximum Gasteiger partial charge on any atom is 0.174 e. The molecule has 0 unspecified atom stereocenters. The van der Waals surface area contributed by atoms with Crippen LogP contribution in [0.25, 0.3) is 5.69 Å². The van der Waals surface area contributed by atoms with E-state index in [0.717, 1.165) is 34.0 Å². The van der Waals surface area contributed by atoms with Gasteiger partial charge in [0.1, 0.15) is 5.82 Å². The van der Waals surface area contributed by atoms with Gasteiger partial charge in [-0.25, -0.2) is 4.39 Å². The standard InChI is InChI=1S/C26H23FN4S/c1-17-16-22(18(2)30(17)20-8-4-3-5-9-20)25-24(23-10-6-7-15-28-23)29-26(32)31(25)21-13-11-19(27)12-14-21/h3-16,24-25H,1-2H3,(H,29,32)/t24-,25+/m1/s1. The number of thiocarbonyl (C=S) groups is 1. The lowest BCUT2D eigenvalue weighted by atomic mass is 9.96. The van der Waals surface area contributed by atoms with Crippen LogP contribution in [0, 0.1) is 19.7 Å². The van der Waals surface area contributed by atoms with E-state index < -0.39 is 0 Å². The summed E-state index contributed by atoms with van der Waals surface area (Å²) in [4.78, 5) is 6.69. The van der Waals surface area contributed by atoms with Crippen molar-refractivity contribution in [2.75, 3.05) is 4.90 Å². The van der Waals surface area contributed by atoms with Crippen LogP contribution < -0.4 is 10.2 Å². The number of anilines is 1. The summed E-state index contributed by atoms with van der Waals surface area (Å²) in [7, 11) is 0. The molecule has 0 amide bonds. The Morgan fingerprint density at radius 3 is 2.31 bits per heavy atom. The second-order valence-corrected chi connectivity index (χ2v) is 8.36. The second-order valence-electron chi connectivity index (χ2n) is 7.97. The summed E-state index contributed by atoms with van der Waals surface area (Å²) in [6, 6.07) is 24.6. The molecule has 3 heterocycles. The Morgan fingerprint density at radius 2 is 1.62 bits per heavy atom. The van der Waals surface area contributed by atoms with Crippen molar-refractivity contribution in [1.82, 2.24) is 14.9 Å². The van der Waals surface area contributed by atoms with Gasteiger partial charge in [0, 0.05) is 29.0 Å². The van der Waals surface area contributed by atoms with Crippen molar-refractivity contribution in [2.45, 2.75) is 25.9 Å². The highest BCUT2D eigenvalue weighted by molar-refractivity contribution is 7.80. The number of hydrogen-bond donors (Lipinski definition) is 1. The predicted molar refractivity (Wildman–Crippen MR) is 130 cm³/mol. The van der Waals surface area contributed by atoms with Crippen LogP contribution in [-0.2, 0) is 0 Å². The minimum Gasteiger partial charge on any atom is -0.351 e. The van der Waals surface area contributed by atoms with Crippen molar-refractivity contribution >= 4 is 23.0 Å². The zero-order valence-corrected chi connectivity index (χ0v) is 18.7. The zero-order chi connectivity index (χ0) is 22.2. The summed E-state index contributed by atoms with van der Waals surface area (Å²) in [5.74, 6) is -0.271. The molecule has 2 atom stereocenters. The summed E-state index contributed by atoms with van der Waals surface area (Å²) in [5, 5.41) is 4.07. The molecule has 4 nitrogen and oxygen atoms in total. The van der Waals surface area contributed by atoms with Gasteiger partial charge in [-0.3, -0.25) is 4.98 Å². The van der Waals surface area contributed by atoms with Gasteiger partial charge in [0.2, 0.25) is 0 Å². The molecule has 160 valence electrons. The highest BCUT2D eigenvalue weighted by Gasteiger charge is 2.42. The molecule has 1 fully saturated rings. The number of nitrogens with one attached hydrogen (secondary N) is 1. The molecule has 0 radical (unpaired) electrons. The van der Waals surface area contributed by atoms with Gasteiger partial charge in [0.25, 0.3) is 0 Å². The third-order valence-electron chi connectivity index (χ3n) is 6.01. The van der Waals surface area contributed by atoms with E-state index >= 15 is 0 Å². The fourth-order valence-corrected chi connectivity index (χ4v) is 4.96. The molecule has 1 saturated heterocycles. The molecule has 0 aliphatic carbocycles. The first kappa shape index (κ1) is 20.4. The smallest absolute Gasteiger partial charge is 0.174 e. The van der Waals surface area contributed by atoms with E-state index in [0.29, 0.717) is 5.11 Å². The van der Waals surface area contributed by atoms with Crippen LogP contribution in [0.1, 0.15) is 34.7 Å². The molecule has 2 aromatic carbocycles. The number of hydrogen-bond acceptors (Lipinski definition) is 2. The third-order valence-corrected chi connectivity index (χ3v) is 6.32. The molecule has 6 heteroatoms. The lowest BCUT2D eigenvalue weighted by Crippen LogP contribution is -2.29. The number of pyridine rings is 1. The van der Waals surface area contributed by atoms with Crippen molar-refractivity contribution in [3.8, 4) is 5.69 Å². The Morgan fingerprint density at radius 1 is 0.906 bits per heavy atom. The number of nitrogens with zero attached hydrogens (tertiary/aromatic N) is 3. The molecule has 4 aromatic rings. The van der Waals surface area contributed by atoms with E-state index in [2.05, 4.69) is 51.8 Å². The molecule has 1 N–H and O–H groups in total. The lowest BCUT2D eigenvalue weighted by Gasteiger charge is -2.28. The Labute approximate surface area is 192 Å². The van der Waals surface area contributed by atoms with Gasteiger partial charge < -0.3 is 14.8 Å². The molecule has 0 saturated carbocycles. The summed E-state index contributed by atoms with van der Waals surface area (Å²) >= 11 is 5.77. The average Bonchev–Trinajstić information content (AvgIpc) is 3.31. The van der Waals surface area contributed by atoms with Crippen LogP contribution in [0.15, 0.2) is 85.1 Å². The number of aromatic nitrogens is 2. The van der Waals surface area contributed by atoms with Crippen LogP contribution in [-0.4, -0.2) is 14.7 Å². The Balaban J connectivity index is 1.68. The van der Waals surface area contributed by atoms with E-state index in [9.17, 15) is 4.39 Å². The molecule has 1 aliphatic heterocycles. The zero-order valence-electron chi connectivity index (χ0n) is 17.9. The third kappa shape index (κ3) is 3.46. The minimum atomic E-state index is -0.271. The number of aryl methyl sites for hydroxylation is 1. The SMILES string of the molecule is Cc1cc([C@H]2[C@@H](c3ccccn3)NC(=S)N2c2ccc(F)cc2)c(C)n1-c1ccccc1. The highest BCUT2D eigenvalue weighted by Crippen LogP contribution is 2.43. The van der Waals surface area contributed by atoms with E-state index in [4.69, 9.17) is 12.2 Å². The van der Waals surface area contributed by atoms with E-state index in [1.807, 2.05) is 36.4 Å². The van der Waals surface area contributed by atoms with Crippen LogP contribution in [0.2, 0.25) is 0 Å². The summed E-state index contributed by atoms with van der Waals surface area (Å²) in [6.45, 7) is 4.25. The monoisotopic (exact) mass is 442 g/mol. The van der Waals surface area contributed by atoms with Crippen molar-refractivity contribution < 1.29 is 4.39 Å². The predicted octanol–water partition coefficient (Wildman–Crippen LogP) is 5.81. The van der Waals surface area contributed by atoms with Crippen molar-refractivity contribution in [3.63, 3.8) is 0 Å². The average molecular weight is 443 g/mol. The van der Waals surface area contributed by atoms with E-state index in [1.54, 1.807) is 18.3 Å². The molecule has 0 bridgehead atoms. The number of para-hydroxylation sites is 1. The lowest BCUT2D eigenvalue weighted by molar-refractivity contribution is 0.565. The van der Waals surface area contributed by atoms with Gasteiger partial charge >= 0.3 is 0 Å². The number of benzene rings is 2.